The SMILES string of the molecule is CC1Cc2oncc2C1N. The third kappa shape index (κ3) is 0.609. The summed E-state index contributed by atoms with van der Waals surface area (Å²) < 4.78 is 4.99. The molecule has 1 heterocycles. The minimum atomic E-state index is 0.140. The Balaban J connectivity index is 2.43. The first kappa shape index (κ1) is 5.92. The second-order valence-electron chi connectivity index (χ2n) is 2.91. The van der Waals surface area contributed by atoms with Crippen LogP contribution in [-0.2, 0) is 6.42 Å². The van der Waals surface area contributed by atoms with Crippen molar-refractivity contribution in [1.29, 1.82) is 0 Å². The number of fused-ring (bicyclic) bond motifs is 1. The number of hydrogen-bond acceptors (Lipinski definition) is 3. The van der Waals surface area contributed by atoms with Crippen LogP contribution in [0.4, 0.5) is 0 Å². The van der Waals surface area contributed by atoms with Crippen molar-refractivity contribution < 1.29 is 4.52 Å². The molecule has 0 fully saturated rings. The van der Waals surface area contributed by atoms with Crippen molar-refractivity contribution in [2.75, 3.05) is 0 Å². The Morgan fingerprint density at radius 1 is 1.80 bits per heavy atom. The van der Waals surface area contributed by atoms with E-state index < -0.39 is 0 Å². The van der Waals surface area contributed by atoms with E-state index >= 15 is 0 Å². The molecule has 2 unspecified atom stereocenters. The monoisotopic (exact) mass is 138 g/mol. The highest BCUT2D eigenvalue weighted by atomic mass is 16.5. The molecule has 0 saturated heterocycles. The van der Waals surface area contributed by atoms with E-state index in [1.807, 2.05) is 0 Å². The van der Waals surface area contributed by atoms with E-state index in [0.717, 1.165) is 17.7 Å². The molecule has 0 spiro atoms. The van der Waals surface area contributed by atoms with Crippen molar-refractivity contribution in [3.8, 4) is 0 Å². The van der Waals surface area contributed by atoms with Gasteiger partial charge in [0.2, 0.25) is 0 Å². The van der Waals surface area contributed by atoms with Gasteiger partial charge in [0.05, 0.1) is 6.20 Å². The van der Waals surface area contributed by atoms with Gasteiger partial charge >= 0.3 is 0 Å². The molecule has 2 rings (SSSR count). The molecule has 3 heteroatoms. The lowest BCUT2D eigenvalue weighted by Gasteiger charge is -2.06. The largest absolute Gasteiger partial charge is 0.361 e. The summed E-state index contributed by atoms with van der Waals surface area (Å²) in [5, 5.41) is 3.67. The maximum Gasteiger partial charge on any atom is 0.141 e. The van der Waals surface area contributed by atoms with Crippen LogP contribution in [0.1, 0.15) is 24.3 Å². The molecular weight excluding hydrogens is 128 g/mol. The first-order valence-electron chi connectivity index (χ1n) is 3.48. The van der Waals surface area contributed by atoms with E-state index in [0.29, 0.717) is 5.92 Å². The minimum absolute atomic E-state index is 0.140. The van der Waals surface area contributed by atoms with Crippen LogP contribution in [0.5, 0.6) is 0 Å². The Labute approximate surface area is 59.2 Å². The number of nitrogens with zero attached hydrogens (tertiary/aromatic N) is 1. The summed E-state index contributed by atoms with van der Waals surface area (Å²) in [7, 11) is 0. The lowest BCUT2D eigenvalue weighted by Crippen LogP contribution is -2.13. The van der Waals surface area contributed by atoms with Gasteiger partial charge in [0.15, 0.2) is 0 Å². The smallest absolute Gasteiger partial charge is 0.141 e. The van der Waals surface area contributed by atoms with E-state index in [1.54, 1.807) is 6.20 Å². The third-order valence-electron chi connectivity index (χ3n) is 2.16. The van der Waals surface area contributed by atoms with Crippen LogP contribution in [-0.4, -0.2) is 5.16 Å². The molecule has 0 amide bonds. The first-order valence-corrected chi connectivity index (χ1v) is 3.48. The quantitative estimate of drug-likeness (QED) is 0.578. The van der Waals surface area contributed by atoms with Crippen LogP contribution < -0.4 is 5.73 Å². The van der Waals surface area contributed by atoms with Gasteiger partial charge < -0.3 is 10.3 Å². The number of aromatic nitrogens is 1. The van der Waals surface area contributed by atoms with Gasteiger partial charge in [-0.2, -0.15) is 0 Å². The highest BCUT2D eigenvalue weighted by Crippen LogP contribution is 2.33. The van der Waals surface area contributed by atoms with E-state index in [9.17, 15) is 0 Å². The fourth-order valence-electron chi connectivity index (χ4n) is 1.42. The fraction of sp³-hybridized carbons (Fsp3) is 0.571. The van der Waals surface area contributed by atoms with Gasteiger partial charge in [0.1, 0.15) is 5.76 Å². The molecule has 0 aliphatic heterocycles. The molecule has 1 aromatic rings. The van der Waals surface area contributed by atoms with Crippen molar-refractivity contribution in [1.82, 2.24) is 5.16 Å². The summed E-state index contributed by atoms with van der Waals surface area (Å²) in [5.74, 6) is 1.48. The normalized spacial score (nSPS) is 30.6. The Kier molecular flexibility index (Phi) is 1.08. The van der Waals surface area contributed by atoms with Gasteiger partial charge in [-0.25, -0.2) is 0 Å². The molecule has 0 saturated carbocycles. The third-order valence-corrected chi connectivity index (χ3v) is 2.16. The highest BCUT2D eigenvalue weighted by molar-refractivity contribution is 5.24. The van der Waals surface area contributed by atoms with Gasteiger partial charge in [-0.15, -0.1) is 0 Å². The summed E-state index contributed by atoms with van der Waals surface area (Å²) in [6.45, 7) is 2.13. The van der Waals surface area contributed by atoms with Crippen LogP contribution in [0, 0.1) is 5.92 Å². The number of nitrogens with two attached hydrogens (primary N) is 1. The Morgan fingerprint density at radius 2 is 2.60 bits per heavy atom. The minimum Gasteiger partial charge on any atom is -0.361 e. The van der Waals surface area contributed by atoms with Crippen LogP contribution in [0.2, 0.25) is 0 Å². The summed E-state index contributed by atoms with van der Waals surface area (Å²) in [5.41, 5.74) is 6.92. The zero-order valence-corrected chi connectivity index (χ0v) is 5.87. The average molecular weight is 138 g/mol. The average Bonchev–Trinajstić information content (AvgIpc) is 2.41. The fourth-order valence-corrected chi connectivity index (χ4v) is 1.42. The molecule has 2 atom stereocenters. The second-order valence-corrected chi connectivity index (χ2v) is 2.91. The van der Waals surface area contributed by atoms with Crippen molar-refractivity contribution in [3.05, 3.63) is 17.5 Å². The molecule has 1 aromatic heterocycles. The van der Waals surface area contributed by atoms with Crippen molar-refractivity contribution in [2.24, 2.45) is 11.7 Å². The van der Waals surface area contributed by atoms with Crippen molar-refractivity contribution >= 4 is 0 Å². The van der Waals surface area contributed by atoms with Gasteiger partial charge in [-0.05, 0) is 5.92 Å². The molecule has 2 N–H and O–H groups in total. The molecule has 0 bridgehead atoms. The molecule has 1 aliphatic carbocycles. The molecular formula is C7H10N2O. The maximum absolute atomic E-state index is 5.83. The Morgan fingerprint density at radius 3 is 3.30 bits per heavy atom. The van der Waals surface area contributed by atoms with Crippen molar-refractivity contribution in [3.63, 3.8) is 0 Å². The van der Waals surface area contributed by atoms with Crippen molar-refractivity contribution in [2.45, 2.75) is 19.4 Å². The summed E-state index contributed by atoms with van der Waals surface area (Å²) in [4.78, 5) is 0. The molecule has 54 valence electrons. The van der Waals surface area contributed by atoms with E-state index in [4.69, 9.17) is 10.3 Å². The predicted octanol–water partition coefficient (Wildman–Crippen LogP) is 0.867. The topological polar surface area (TPSA) is 52.0 Å². The zero-order valence-electron chi connectivity index (χ0n) is 5.87. The van der Waals surface area contributed by atoms with Gasteiger partial charge in [-0.1, -0.05) is 12.1 Å². The summed E-state index contributed by atoms with van der Waals surface area (Å²) in [6, 6.07) is 0.140. The zero-order chi connectivity index (χ0) is 7.14. The van der Waals surface area contributed by atoms with E-state index in [-0.39, 0.29) is 6.04 Å². The van der Waals surface area contributed by atoms with Gasteiger partial charge in [0.25, 0.3) is 0 Å². The molecule has 3 nitrogen and oxygen atoms in total. The lowest BCUT2D eigenvalue weighted by atomic mass is 10.1. The van der Waals surface area contributed by atoms with Crippen LogP contribution in [0.3, 0.4) is 0 Å². The van der Waals surface area contributed by atoms with Crippen LogP contribution in [0.25, 0.3) is 0 Å². The number of rotatable bonds is 0. The summed E-state index contributed by atoms with van der Waals surface area (Å²) >= 11 is 0. The molecule has 0 radical (unpaired) electrons. The first-order chi connectivity index (χ1) is 4.79. The molecule has 1 aliphatic rings. The second kappa shape index (κ2) is 1.83. The summed E-state index contributed by atoms with van der Waals surface area (Å²) in [6.07, 6.45) is 2.67. The predicted molar refractivity (Wildman–Crippen MR) is 36.3 cm³/mol. The lowest BCUT2D eigenvalue weighted by molar-refractivity contribution is 0.370. The van der Waals surface area contributed by atoms with Crippen LogP contribution in [0.15, 0.2) is 10.7 Å². The number of hydrogen-bond donors (Lipinski definition) is 1. The highest BCUT2D eigenvalue weighted by Gasteiger charge is 2.29. The van der Waals surface area contributed by atoms with Crippen LogP contribution >= 0.6 is 0 Å². The standard InChI is InChI=1S/C7H10N2O/c1-4-2-6-5(7(4)8)3-9-10-6/h3-4,7H,2,8H2,1H3. The van der Waals surface area contributed by atoms with E-state index in [1.165, 1.54) is 0 Å². The molecule has 0 aromatic carbocycles. The Hall–Kier alpha value is -0.830. The maximum atomic E-state index is 5.83. The van der Waals surface area contributed by atoms with E-state index in [2.05, 4.69) is 12.1 Å². The van der Waals surface area contributed by atoms with Gasteiger partial charge in [-0.3, -0.25) is 0 Å². The Bertz CT molecular complexity index is 244. The molecule has 10 heavy (non-hydrogen) atoms. The van der Waals surface area contributed by atoms with Gasteiger partial charge in [0, 0.05) is 18.0 Å².